The number of carbonyl (C=O) groups excluding carboxylic acids is 1. The van der Waals surface area contributed by atoms with Crippen molar-refractivity contribution < 1.29 is 27.1 Å². The molecular formula is C14H7BrF4O2. The third-order valence-electron chi connectivity index (χ3n) is 2.58. The maximum absolute atomic E-state index is 12.9. The Morgan fingerprint density at radius 2 is 1.81 bits per heavy atom. The van der Waals surface area contributed by atoms with E-state index in [9.17, 15) is 22.4 Å². The molecule has 0 amide bonds. The van der Waals surface area contributed by atoms with Gasteiger partial charge in [-0.25, -0.2) is 4.39 Å². The van der Waals surface area contributed by atoms with Crippen molar-refractivity contribution in [3.8, 4) is 11.5 Å². The molecule has 0 aliphatic heterocycles. The van der Waals surface area contributed by atoms with Gasteiger partial charge in [-0.1, -0.05) is 0 Å². The number of rotatable bonds is 3. The lowest BCUT2D eigenvalue weighted by Gasteiger charge is -2.13. The van der Waals surface area contributed by atoms with E-state index >= 15 is 0 Å². The monoisotopic (exact) mass is 362 g/mol. The van der Waals surface area contributed by atoms with Crippen LogP contribution in [0.15, 0.2) is 40.9 Å². The Hall–Kier alpha value is -1.89. The van der Waals surface area contributed by atoms with Gasteiger partial charge in [0.25, 0.3) is 0 Å². The molecule has 0 spiro atoms. The highest BCUT2D eigenvalue weighted by molar-refractivity contribution is 9.10. The van der Waals surface area contributed by atoms with Crippen LogP contribution < -0.4 is 4.74 Å². The van der Waals surface area contributed by atoms with Crippen molar-refractivity contribution in [2.24, 2.45) is 0 Å². The lowest BCUT2D eigenvalue weighted by atomic mass is 10.1. The number of halogens is 5. The third-order valence-corrected chi connectivity index (χ3v) is 3.20. The van der Waals surface area contributed by atoms with Crippen LogP contribution in [-0.2, 0) is 6.18 Å². The molecule has 2 aromatic rings. The van der Waals surface area contributed by atoms with E-state index in [1.165, 1.54) is 12.1 Å². The molecule has 0 radical (unpaired) electrons. The Kier molecular flexibility index (Phi) is 4.32. The summed E-state index contributed by atoms with van der Waals surface area (Å²) in [6.07, 6.45) is -4.55. The predicted molar refractivity (Wildman–Crippen MR) is 71.0 cm³/mol. The summed E-state index contributed by atoms with van der Waals surface area (Å²) >= 11 is 3.05. The lowest BCUT2D eigenvalue weighted by molar-refractivity contribution is -0.137. The lowest BCUT2D eigenvalue weighted by Crippen LogP contribution is -2.09. The highest BCUT2D eigenvalue weighted by Crippen LogP contribution is 2.36. The van der Waals surface area contributed by atoms with E-state index in [1.54, 1.807) is 0 Å². The van der Waals surface area contributed by atoms with E-state index in [-0.39, 0.29) is 22.3 Å². The van der Waals surface area contributed by atoms with Crippen LogP contribution in [0.2, 0.25) is 0 Å². The van der Waals surface area contributed by atoms with E-state index in [0.29, 0.717) is 0 Å². The van der Waals surface area contributed by atoms with Crippen LogP contribution in [0.25, 0.3) is 0 Å². The summed E-state index contributed by atoms with van der Waals surface area (Å²) in [7, 11) is 0. The van der Waals surface area contributed by atoms with Crippen molar-refractivity contribution in [3.63, 3.8) is 0 Å². The van der Waals surface area contributed by atoms with Crippen LogP contribution in [0, 0.1) is 5.82 Å². The van der Waals surface area contributed by atoms with Gasteiger partial charge in [0, 0.05) is 5.56 Å². The number of hydrogen-bond acceptors (Lipinski definition) is 2. The summed E-state index contributed by atoms with van der Waals surface area (Å²) in [5.41, 5.74) is -1.57. The van der Waals surface area contributed by atoms with Crippen LogP contribution in [0.4, 0.5) is 17.6 Å². The molecule has 21 heavy (non-hydrogen) atoms. The molecule has 7 heteroatoms. The van der Waals surface area contributed by atoms with Crippen molar-refractivity contribution in [1.29, 1.82) is 0 Å². The molecule has 2 rings (SSSR count). The van der Waals surface area contributed by atoms with Gasteiger partial charge in [-0.15, -0.1) is 0 Å². The maximum atomic E-state index is 12.9. The summed E-state index contributed by atoms with van der Waals surface area (Å²) < 4.78 is 56.9. The van der Waals surface area contributed by atoms with E-state index < -0.39 is 23.1 Å². The number of alkyl halides is 3. The number of ether oxygens (including phenoxy) is 1. The van der Waals surface area contributed by atoms with E-state index in [1.807, 2.05) is 0 Å². The van der Waals surface area contributed by atoms with Gasteiger partial charge in [0.1, 0.15) is 17.3 Å². The van der Waals surface area contributed by atoms with Gasteiger partial charge >= 0.3 is 6.18 Å². The molecule has 0 fully saturated rings. The molecule has 0 aromatic heterocycles. The first-order valence-electron chi connectivity index (χ1n) is 5.60. The molecular weight excluding hydrogens is 356 g/mol. The Balaban J connectivity index is 2.39. The average Bonchev–Trinajstić information content (AvgIpc) is 2.41. The molecule has 0 unspecified atom stereocenters. The quantitative estimate of drug-likeness (QED) is 0.553. The van der Waals surface area contributed by atoms with Gasteiger partial charge in [-0.2, -0.15) is 13.2 Å². The zero-order valence-electron chi connectivity index (χ0n) is 10.2. The molecule has 0 N–H and O–H groups in total. The second kappa shape index (κ2) is 5.85. The normalized spacial score (nSPS) is 11.3. The third kappa shape index (κ3) is 3.60. The minimum Gasteiger partial charge on any atom is -0.456 e. The Morgan fingerprint density at radius 1 is 1.10 bits per heavy atom. The average molecular weight is 363 g/mol. The maximum Gasteiger partial charge on any atom is 0.417 e. The molecule has 0 saturated carbocycles. The van der Waals surface area contributed by atoms with E-state index in [2.05, 4.69) is 15.9 Å². The fourth-order valence-corrected chi connectivity index (χ4v) is 2.06. The largest absolute Gasteiger partial charge is 0.456 e. The smallest absolute Gasteiger partial charge is 0.417 e. The summed E-state index contributed by atoms with van der Waals surface area (Å²) in [6.45, 7) is 0. The van der Waals surface area contributed by atoms with Crippen LogP contribution in [0.5, 0.6) is 11.5 Å². The summed E-state index contributed by atoms with van der Waals surface area (Å²) in [5.74, 6) is -0.467. The Morgan fingerprint density at radius 3 is 2.38 bits per heavy atom. The summed E-state index contributed by atoms with van der Waals surface area (Å²) in [5, 5.41) is 0. The second-order valence-electron chi connectivity index (χ2n) is 4.04. The van der Waals surface area contributed by atoms with Gasteiger partial charge in [-0.05, 0) is 52.3 Å². The fraction of sp³-hybridized carbons (Fsp3) is 0.0714. The number of hydrogen-bond donors (Lipinski definition) is 0. The molecule has 0 saturated heterocycles. The second-order valence-corrected chi connectivity index (χ2v) is 4.90. The van der Waals surface area contributed by atoms with Gasteiger partial charge < -0.3 is 4.74 Å². The fourth-order valence-electron chi connectivity index (χ4n) is 1.63. The minimum absolute atomic E-state index is 0.111. The first-order chi connectivity index (χ1) is 9.81. The zero-order valence-corrected chi connectivity index (χ0v) is 11.8. The standard InChI is InChI=1S/C14H7BrF4O2/c15-12-5-9(16)2-4-13(12)21-10-3-1-8(7-20)11(6-10)14(17,18)19/h1-7H. The summed E-state index contributed by atoms with van der Waals surface area (Å²) in [4.78, 5) is 10.6. The van der Waals surface area contributed by atoms with E-state index in [4.69, 9.17) is 4.74 Å². The number of benzene rings is 2. The van der Waals surface area contributed by atoms with Crippen molar-refractivity contribution in [1.82, 2.24) is 0 Å². The van der Waals surface area contributed by atoms with Gasteiger partial charge in [0.2, 0.25) is 0 Å². The molecule has 0 bridgehead atoms. The highest BCUT2D eigenvalue weighted by Gasteiger charge is 2.33. The molecule has 2 aromatic carbocycles. The van der Waals surface area contributed by atoms with E-state index in [0.717, 1.165) is 24.3 Å². The molecule has 0 atom stereocenters. The van der Waals surface area contributed by atoms with Crippen molar-refractivity contribution in [3.05, 3.63) is 57.8 Å². The van der Waals surface area contributed by atoms with Crippen molar-refractivity contribution in [2.75, 3.05) is 0 Å². The van der Waals surface area contributed by atoms with Gasteiger partial charge in [0.05, 0.1) is 10.0 Å². The van der Waals surface area contributed by atoms with Crippen LogP contribution in [0.3, 0.4) is 0 Å². The Labute approximate surface area is 125 Å². The molecule has 0 heterocycles. The van der Waals surface area contributed by atoms with Crippen molar-refractivity contribution >= 4 is 22.2 Å². The molecule has 2 nitrogen and oxygen atoms in total. The highest BCUT2D eigenvalue weighted by atomic mass is 79.9. The molecule has 110 valence electrons. The van der Waals surface area contributed by atoms with Crippen LogP contribution >= 0.6 is 15.9 Å². The first-order valence-corrected chi connectivity index (χ1v) is 6.40. The number of aldehydes is 1. The van der Waals surface area contributed by atoms with Crippen LogP contribution in [0.1, 0.15) is 15.9 Å². The first kappa shape index (κ1) is 15.5. The van der Waals surface area contributed by atoms with Crippen molar-refractivity contribution in [2.45, 2.75) is 6.18 Å². The molecule has 0 aliphatic carbocycles. The zero-order chi connectivity index (χ0) is 15.6. The van der Waals surface area contributed by atoms with Gasteiger partial charge in [-0.3, -0.25) is 4.79 Å². The summed E-state index contributed by atoms with van der Waals surface area (Å²) in [6, 6.07) is 6.49. The minimum atomic E-state index is -4.67. The van der Waals surface area contributed by atoms with Gasteiger partial charge in [0.15, 0.2) is 6.29 Å². The predicted octanol–water partition coefficient (Wildman–Crippen LogP) is 5.21. The number of carbonyl (C=O) groups is 1. The van der Waals surface area contributed by atoms with Crippen LogP contribution in [-0.4, -0.2) is 6.29 Å². The topological polar surface area (TPSA) is 26.3 Å². The SMILES string of the molecule is O=Cc1ccc(Oc2ccc(F)cc2Br)cc1C(F)(F)F. The molecule has 0 aliphatic rings. The Bertz CT molecular complexity index is 683.